The van der Waals surface area contributed by atoms with Gasteiger partial charge in [-0.15, -0.1) is 0 Å². The average Bonchev–Trinajstić information content (AvgIpc) is 2.69. The van der Waals surface area contributed by atoms with E-state index in [-0.39, 0.29) is 12.4 Å². The molecule has 0 amide bonds. The number of rotatable bonds is 7. The fraction of sp³-hybridized carbons (Fsp3) is 0.136. The van der Waals surface area contributed by atoms with Crippen molar-refractivity contribution in [3.05, 3.63) is 90.2 Å². The number of carbonyl (C=O) groups is 1. The Morgan fingerprint density at radius 3 is 2.19 bits per heavy atom. The second-order valence-electron chi connectivity index (χ2n) is 5.82. The molecule has 0 aliphatic rings. The normalized spacial score (nSPS) is 11.5. The molecule has 0 aromatic heterocycles. The van der Waals surface area contributed by atoms with Crippen LogP contribution in [0.15, 0.2) is 78.9 Å². The minimum atomic E-state index is -0.730. The highest BCUT2D eigenvalue weighted by Gasteiger charge is 2.22. The van der Waals surface area contributed by atoms with Gasteiger partial charge in [-0.3, -0.25) is 0 Å². The highest BCUT2D eigenvalue weighted by atomic mass is 19.1. The molecule has 0 aliphatic heterocycles. The summed E-state index contributed by atoms with van der Waals surface area (Å²) in [4.78, 5) is 12.3. The second kappa shape index (κ2) is 8.85. The first-order chi connectivity index (χ1) is 13.2. The molecule has 5 heteroatoms. The summed E-state index contributed by atoms with van der Waals surface area (Å²) in [5.41, 5.74) is 1.34. The Kier molecular flexibility index (Phi) is 6.05. The number of hydrogen-bond acceptors (Lipinski definition) is 4. The molecule has 1 unspecified atom stereocenters. The van der Waals surface area contributed by atoms with Crippen LogP contribution in [0.4, 0.5) is 10.1 Å². The number of benzene rings is 3. The van der Waals surface area contributed by atoms with E-state index in [0.29, 0.717) is 11.3 Å². The molecule has 1 atom stereocenters. The first-order valence-corrected chi connectivity index (χ1v) is 8.67. The third-order valence-electron chi connectivity index (χ3n) is 3.87. The van der Waals surface area contributed by atoms with Crippen LogP contribution in [0.2, 0.25) is 0 Å². The van der Waals surface area contributed by atoms with Gasteiger partial charge in [-0.05, 0) is 61.0 Å². The maximum absolute atomic E-state index is 13.2. The largest absolute Gasteiger partial charge is 0.464 e. The second-order valence-corrected chi connectivity index (χ2v) is 5.82. The van der Waals surface area contributed by atoms with Gasteiger partial charge < -0.3 is 14.8 Å². The molecule has 0 fully saturated rings. The monoisotopic (exact) mass is 365 g/mol. The Hall–Kier alpha value is -3.34. The highest BCUT2D eigenvalue weighted by Crippen LogP contribution is 2.26. The summed E-state index contributed by atoms with van der Waals surface area (Å²) in [6, 6.07) is 21.8. The van der Waals surface area contributed by atoms with Crippen molar-refractivity contribution in [3.63, 3.8) is 0 Å². The molecule has 0 radical (unpaired) electrons. The molecular weight excluding hydrogens is 345 g/mol. The highest BCUT2D eigenvalue weighted by molar-refractivity contribution is 5.81. The van der Waals surface area contributed by atoms with Crippen molar-refractivity contribution in [2.45, 2.75) is 13.0 Å². The summed E-state index contributed by atoms with van der Waals surface area (Å²) in [7, 11) is 0. The number of nitrogens with one attached hydrogen (secondary N) is 1. The molecule has 27 heavy (non-hydrogen) atoms. The van der Waals surface area contributed by atoms with Crippen LogP contribution in [0.3, 0.4) is 0 Å². The number of esters is 1. The lowest BCUT2D eigenvalue weighted by Crippen LogP contribution is -2.23. The van der Waals surface area contributed by atoms with Crippen molar-refractivity contribution >= 4 is 11.7 Å². The number of carbonyl (C=O) groups excluding carboxylic acids is 1. The Morgan fingerprint density at radius 1 is 0.926 bits per heavy atom. The van der Waals surface area contributed by atoms with Crippen molar-refractivity contribution in [2.75, 3.05) is 11.9 Å². The van der Waals surface area contributed by atoms with Crippen LogP contribution in [0.5, 0.6) is 11.5 Å². The van der Waals surface area contributed by atoms with Crippen LogP contribution < -0.4 is 10.1 Å². The van der Waals surface area contributed by atoms with Crippen LogP contribution in [0.25, 0.3) is 0 Å². The van der Waals surface area contributed by atoms with E-state index in [1.807, 2.05) is 54.6 Å². The van der Waals surface area contributed by atoms with Gasteiger partial charge in [-0.2, -0.15) is 0 Å². The Bertz CT molecular complexity index is 864. The van der Waals surface area contributed by atoms with Gasteiger partial charge in [0.15, 0.2) is 6.04 Å². The van der Waals surface area contributed by atoms with Crippen LogP contribution in [0.1, 0.15) is 18.5 Å². The van der Waals surface area contributed by atoms with Crippen molar-refractivity contribution in [2.24, 2.45) is 0 Å². The predicted octanol–water partition coefficient (Wildman–Crippen LogP) is 5.33. The van der Waals surface area contributed by atoms with Crippen LogP contribution in [-0.4, -0.2) is 12.6 Å². The van der Waals surface area contributed by atoms with Crippen LogP contribution >= 0.6 is 0 Å². The van der Waals surface area contributed by atoms with E-state index in [2.05, 4.69) is 5.32 Å². The molecule has 0 aliphatic carbocycles. The predicted molar refractivity (Wildman–Crippen MR) is 102 cm³/mol. The summed E-state index contributed by atoms with van der Waals surface area (Å²) in [5, 5.41) is 3.14. The average molecular weight is 365 g/mol. The van der Waals surface area contributed by atoms with Crippen LogP contribution in [-0.2, 0) is 9.53 Å². The van der Waals surface area contributed by atoms with Gasteiger partial charge >= 0.3 is 5.97 Å². The lowest BCUT2D eigenvalue weighted by molar-refractivity contribution is -0.144. The summed E-state index contributed by atoms with van der Waals surface area (Å²) in [6.45, 7) is 2.01. The molecule has 0 saturated carbocycles. The number of halogens is 1. The van der Waals surface area contributed by atoms with Gasteiger partial charge in [-0.25, -0.2) is 9.18 Å². The smallest absolute Gasteiger partial charge is 0.333 e. The van der Waals surface area contributed by atoms with Gasteiger partial charge in [0.1, 0.15) is 17.3 Å². The third-order valence-corrected chi connectivity index (χ3v) is 3.87. The minimum absolute atomic E-state index is 0.266. The van der Waals surface area contributed by atoms with Crippen LogP contribution in [0, 0.1) is 5.82 Å². The molecule has 0 bridgehead atoms. The molecule has 4 nitrogen and oxygen atoms in total. The summed E-state index contributed by atoms with van der Waals surface area (Å²) >= 11 is 0. The van der Waals surface area contributed by atoms with E-state index in [1.54, 1.807) is 19.1 Å². The molecule has 0 spiro atoms. The van der Waals surface area contributed by atoms with E-state index >= 15 is 0 Å². The van der Waals surface area contributed by atoms with Gasteiger partial charge in [0.25, 0.3) is 0 Å². The third kappa shape index (κ3) is 5.07. The maximum atomic E-state index is 13.2. The number of hydrogen-bond donors (Lipinski definition) is 1. The van der Waals surface area contributed by atoms with E-state index in [1.165, 1.54) is 12.1 Å². The summed E-state index contributed by atoms with van der Waals surface area (Å²) in [5.74, 6) is 0.646. The minimum Gasteiger partial charge on any atom is -0.464 e. The quantitative estimate of drug-likeness (QED) is 0.575. The van der Waals surface area contributed by atoms with Gasteiger partial charge in [0.05, 0.1) is 6.61 Å². The number of ether oxygens (including phenoxy) is 2. The number of para-hydroxylation sites is 1. The molecule has 0 saturated heterocycles. The van der Waals surface area contributed by atoms with Crippen molar-refractivity contribution in [3.8, 4) is 11.5 Å². The lowest BCUT2D eigenvalue weighted by Gasteiger charge is -2.19. The SMILES string of the molecule is CCOC(=O)C(Nc1ccc(Oc2ccccc2)cc1)c1ccc(F)cc1. The Balaban J connectivity index is 1.75. The zero-order valence-corrected chi connectivity index (χ0v) is 14.9. The van der Waals surface area contributed by atoms with Gasteiger partial charge in [-0.1, -0.05) is 30.3 Å². The van der Waals surface area contributed by atoms with Crippen molar-refractivity contribution < 1.29 is 18.7 Å². The summed E-state index contributed by atoms with van der Waals surface area (Å²) < 4.78 is 24.1. The van der Waals surface area contributed by atoms with Gasteiger partial charge in [0.2, 0.25) is 0 Å². The zero-order chi connectivity index (χ0) is 19.1. The maximum Gasteiger partial charge on any atom is 0.333 e. The molecule has 1 N–H and O–H groups in total. The topological polar surface area (TPSA) is 47.6 Å². The van der Waals surface area contributed by atoms with E-state index in [4.69, 9.17) is 9.47 Å². The standard InChI is InChI=1S/C22H20FNO3/c1-2-26-22(25)21(16-8-10-17(23)11-9-16)24-18-12-14-20(15-13-18)27-19-6-4-3-5-7-19/h3-15,21,24H,2H2,1H3. The van der Waals surface area contributed by atoms with Crippen molar-refractivity contribution in [1.29, 1.82) is 0 Å². The molecular formula is C22H20FNO3. The molecule has 0 heterocycles. The first kappa shape index (κ1) is 18.5. The molecule has 138 valence electrons. The Morgan fingerprint density at radius 2 is 1.56 bits per heavy atom. The van der Waals surface area contributed by atoms with E-state index < -0.39 is 12.0 Å². The van der Waals surface area contributed by atoms with E-state index in [9.17, 15) is 9.18 Å². The van der Waals surface area contributed by atoms with E-state index in [0.717, 1.165) is 11.4 Å². The number of anilines is 1. The zero-order valence-electron chi connectivity index (χ0n) is 14.9. The molecule has 3 rings (SSSR count). The van der Waals surface area contributed by atoms with Crippen molar-refractivity contribution in [1.82, 2.24) is 0 Å². The Labute approximate surface area is 157 Å². The fourth-order valence-corrected chi connectivity index (χ4v) is 2.57. The van der Waals surface area contributed by atoms with Gasteiger partial charge in [0, 0.05) is 5.69 Å². The molecule has 3 aromatic carbocycles. The first-order valence-electron chi connectivity index (χ1n) is 8.67. The summed E-state index contributed by atoms with van der Waals surface area (Å²) in [6.07, 6.45) is 0. The lowest BCUT2D eigenvalue weighted by atomic mass is 10.1. The fourth-order valence-electron chi connectivity index (χ4n) is 2.57. The molecule has 3 aromatic rings.